The van der Waals surface area contributed by atoms with Crippen molar-refractivity contribution in [3.05, 3.63) is 12.7 Å². The van der Waals surface area contributed by atoms with Gasteiger partial charge in [0.2, 0.25) is 0 Å². The van der Waals surface area contributed by atoms with Gasteiger partial charge in [0.1, 0.15) is 0 Å². The topological polar surface area (TPSA) is 23.8 Å². The Labute approximate surface area is 51.3 Å². The zero-order chi connectivity index (χ0) is 4.12. The zero-order valence-corrected chi connectivity index (χ0v) is 5.90. The third-order valence-electron chi connectivity index (χ3n) is 0.209. The summed E-state index contributed by atoms with van der Waals surface area (Å²) in [6, 6.07) is 1.84. The van der Waals surface area contributed by atoms with Gasteiger partial charge in [-0.25, -0.2) is 0 Å². The van der Waals surface area contributed by atoms with E-state index in [9.17, 15) is 0 Å². The minimum absolute atomic E-state index is 0. The fraction of sp³-hybridized carbons (Fsp3) is 0.250. The van der Waals surface area contributed by atoms with Gasteiger partial charge in [-0.15, -0.1) is 0 Å². The van der Waals surface area contributed by atoms with E-state index >= 15 is 0 Å². The van der Waals surface area contributed by atoms with Gasteiger partial charge in [-0.1, -0.05) is 0 Å². The second-order valence-corrected chi connectivity index (χ2v) is 0.598. The molecule has 0 N–H and O–H groups in total. The normalized spacial score (nSPS) is 4.50. The molecule has 1 nitrogen and oxygen atoms in total. The summed E-state index contributed by atoms with van der Waals surface area (Å²) >= 11 is 0. The Morgan fingerprint density at radius 3 is 2.33 bits per heavy atom. The molecule has 0 rings (SSSR count). The van der Waals surface area contributed by atoms with Gasteiger partial charge in [0.05, 0.1) is 6.07 Å². The number of nitriles is 1. The van der Waals surface area contributed by atoms with Gasteiger partial charge in [-0.2, -0.15) is 5.26 Å². The quantitative estimate of drug-likeness (QED) is 0.636. The van der Waals surface area contributed by atoms with Crippen LogP contribution in [0.3, 0.4) is 0 Å². The van der Waals surface area contributed by atoms with Gasteiger partial charge < -0.3 is 6.58 Å². The summed E-state index contributed by atoms with van der Waals surface area (Å²) in [5, 5.41) is 7.70. The Morgan fingerprint density at radius 1 is 1.83 bits per heavy atom. The van der Waals surface area contributed by atoms with Crippen molar-refractivity contribution >= 4 is 0 Å². The average Bonchev–Trinajstić information content (AvgIpc) is 1.41. The maximum absolute atomic E-state index is 7.70. The molecule has 0 saturated heterocycles. The van der Waals surface area contributed by atoms with Crippen LogP contribution in [0.5, 0.6) is 0 Å². The Morgan fingerprint density at radius 2 is 2.33 bits per heavy atom. The van der Waals surface area contributed by atoms with Crippen LogP contribution in [0.2, 0.25) is 0 Å². The second kappa shape index (κ2) is 8.86. The predicted molar refractivity (Wildman–Crippen MR) is 19.1 cm³/mol. The maximum atomic E-state index is 7.70. The minimum atomic E-state index is 0. The summed E-state index contributed by atoms with van der Waals surface area (Å²) in [7, 11) is 0. The Balaban J connectivity index is 0. The van der Waals surface area contributed by atoms with E-state index in [2.05, 4.69) is 0 Å². The molecule has 0 heterocycles. The smallest absolute Gasteiger partial charge is 0.0633 e. The third kappa shape index (κ3) is 9.09. The molecule has 2 heteroatoms. The van der Waals surface area contributed by atoms with Gasteiger partial charge in [0, 0.05) is 26.8 Å². The first-order valence-corrected chi connectivity index (χ1v) is 1.32. The first kappa shape index (κ1) is 9.31. The van der Waals surface area contributed by atoms with Gasteiger partial charge in [-0.05, 0) is 0 Å². The van der Waals surface area contributed by atoms with Crippen LogP contribution in [0.15, 0.2) is 6.08 Å². The van der Waals surface area contributed by atoms with E-state index in [-0.39, 0.29) is 20.4 Å². The van der Waals surface area contributed by atoms with Gasteiger partial charge in [0.15, 0.2) is 0 Å². The van der Waals surface area contributed by atoms with Crippen LogP contribution in [-0.2, 0) is 20.4 Å². The first-order valence-electron chi connectivity index (χ1n) is 1.32. The summed E-state index contributed by atoms with van der Waals surface area (Å²) in [6.07, 6.45) is 1.67. The monoisotopic (exact) mass is 253 g/mol. The number of rotatable bonds is 1. The average molecular weight is 252 g/mol. The maximum Gasteiger partial charge on any atom is 0.0633 e. The molecule has 0 amide bonds. The molecule has 0 bridgehead atoms. The van der Waals surface area contributed by atoms with Crippen molar-refractivity contribution in [3.8, 4) is 6.07 Å². The summed E-state index contributed by atoms with van der Waals surface area (Å²) in [5.74, 6) is 0. The number of hydrogen-bond donors (Lipinski definition) is 0. The molecule has 1 radical (unpaired) electrons. The van der Waals surface area contributed by atoms with Crippen LogP contribution < -0.4 is 0 Å². The molecule has 6 heavy (non-hydrogen) atoms. The van der Waals surface area contributed by atoms with Gasteiger partial charge in [-0.3, -0.25) is 6.08 Å². The Bertz CT molecular complexity index is 62.4. The van der Waals surface area contributed by atoms with Crippen LogP contribution in [0.4, 0.5) is 0 Å². The Hall–Kier alpha value is -0.108. The number of hydrogen-bond acceptors (Lipinski definition) is 1. The molecule has 0 aliphatic rings. The molecule has 0 aliphatic carbocycles. The molecule has 0 aromatic rings. The van der Waals surface area contributed by atoms with Crippen molar-refractivity contribution < 1.29 is 20.4 Å². The zero-order valence-electron chi connectivity index (χ0n) is 3.19. The van der Waals surface area contributed by atoms with Crippen molar-refractivity contribution in [2.24, 2.45) is 0 Å². The van der Waals surface area contributed by atoms with E-state index in [4.69, 9.17) is 11.8 Å². The molecule has 0 aromatic heterocycles. The third-order valence-corrected chi connectivity index (χ3v) is 0.209. The molecule has 0 atom stereocenters. The predicted octanol–water partition coefficient (Wildman–Crippen LogP) is 0.887. The molecule has 0 spiro atoms. The van der Waals surface area contributed by atoms with Crippen LogP contribution >= 0.6 is 0 Å². The SMILES string of the molecule is [CH-]=CCC#N.[Re]. The van der Waals surface area contributed by atoms with Crippen LogP contribution in [-0.4, -0.2) is 0 Å². The molecule has 0 saturated carbocycles. The van der Waals surface area contributed by atoms with E-state index < -0.39 is 0 Å². The van der Waals surface area contributed by atoms with E-state index in [0.717, 1.165) is 0 Å². The first-order chi connectivity index (χ1) is 2.41. The number of nitrogens with zero attached hydrogens (tertiary/aromatic N) is 1. The van der Waals surface area contributed by atoms with Crippen molar-refractivity contribution in [2.45, 2.75) is 6.42 Å². The second-order valence-electron chi connectivity index (χ2n) is 0.598. The van der Waals surface area contributed by atoms with Gasteiger partial charge in [0.25, 0.3) is 0 Å². The molecule has 0 aromatic carbocycles. The van der Waals surface area contributed by atoms with Crippen LogP contribution in [0.25, 0.3) is 0 Å². The summed E-state index contributed by atoms with van der Waals surface area (Å²) < 4.78 is 0. The molecule has 33 valence electrons. The minimum Gasteiger partial charge on any atom is -0.517 e. The largest absolute Gasteiger partial charge is 0.517 e. The summed E-state index contributed by atoms with van der Waals surface area (Å²) in [5.41, 5.74) is 0. The van der Waals surface area contributed by atoms with Crippen molar-refractivity contribution in [1.82, 2.24) is 0 Å². The van der Waals surface area contributed by atoms with E-state index in [1.54, 1.807) is 0 Å². The molecule has 0 unspecified atom stereocenters. The fourth-order valence-corrected chi connectivity index (χ4v) is 0.0527. The number of allylic oxidation sites excluding steroid dienone is 1. The standard InChI is InChI=1S/C4H4N.Re/c1-2-3-4-5;/h1-2H,3H2;/q-1;. The Kier molecular flexibility index (Phi) is 13.7. The molecule has 0 fully saturated rings. The summed E-state index contributed by atoms with van der Waals surface area (Å²) in [4.78, 5) is 0. The molecule has 0 aliphatic heterocycles. The van der Waals surface area contributed by atoms with E-state index in [1.807, 2.05) is 6.07 Å². The van der Waals surface area contributed by atoms with Gasteiger partial charge >= 0.3 is 0 Å². The van der Waals surface area contributed by atoms with E-state index in [1.165, 1.54) is 6.08 Å². The fourth-order valence-electron chi connectivity index (χ4n) is 0.0527. The molecular formula is C4H4NRe-. The van der Waals surface area contributed by atoms with Crippen molar-refractivity contribution in [3.63, 3.8) is 0 Å². The van der Waals surface area contributed by atoms with Crippen molar-refractivity contribution in [2.75, 3.05) is 0 Å². The summed E-state index contributed by atoms with van der Waals surface area (Å²) in [6.45, 7) is 4.79. The van der Waals surface area contributed by atoms with E-state index in [0.29, 0.717) is 6.42 Å². The van der Waals surface area contributed by atoms with Crippen LogP contribution in [0, 0.1) is 17.9 Å². The van der Waals surface area contributed by atoms with Crippen molar-refractivity contribution in [1.29, 1.82) is 5.26 Å². The molecular weight excluding hydrogens is 248 g/mol. The van der Waals surface area contributed by atoms with Crippen LogP contribution in [0.1, 0.15) is 6.42 Å².